The first kappa shape index (κ1) is 54.1. The van der Waals surface area contributed by atoms with Crippen LogP contribution in [-0.4, -0.2) is 104 Å². The van der Waals surface area contributed by atoms with E-state index >= 15 is 0 Å². The number of aryl methyl sites for hydroxylation is 1. The number of nitrogens with zero attached hydrogens (tertiary/aromatic N) is 2. The number of alkyl carbamates (subject to hydrolysis) is 2. The van der Waals surface area contributed by atoms with E-state index in [2.05, 4.69) is 37.5 Å². The third-order valence-corrected chi connectivity index (χ3v) is 11.3. The molecule has 1 aromatic heterocycles. The number of unbranched alkanes of at least 4 members (excludes halogenated alkanes) is 1. The number of carbonyl (C=O) groups is 6. The Morgan fingerprint density at radius 1 is 0.803 bits per heavy atom. The fraction of sp³-hybridized carbons (Fsp3) is 0.415. The van der Waals surface area contributed by atoms with Gasteiger partial charge in [-0.3, -0.25) is 19.4 Å². The minimum atomic E-state index is -1.32. The van der Waals surface area contributed by atoms with Crippen molar-refractivity contribution in [2.75, 3.05) is 33.8 Å². The number of nitrogens with one attached hydrogen (secondary N) is 5. The number of aliphatic imine (C=N–C) groups is 1. The van der Waals surface area contributed by atoms with Gasteiger partial charge in [0.15, 0.2) is 5.96 Å². The number of guanidine groups is 1. The second-order valence-corrected chi connectivity index (χ2v) is 18.3. The highest BCUT2D eigenvalue weighted by Gasteiger charge is 2.32. The van der Waals surface area contributed by atoms with Crippen molar-refractivity contribution in [1.82, 2.24) is 31.5 Å². The van der Waals surface area contributed by atoms with Crippen molar-refractivity contribution in [3.8, 4) is 23.5 Å². The summed E-state index contributed by atoms with van der Waals surface area (Å²) < 4.78 is 22.1. The first-order chi connectivity index (χ1) is 33.9. The number of carbonyl (C=O) groups excluding carboxylic acids is 6. The fourth-order valence-electron chi connectivity index (χ4n) is 7.58. The van der Waals surface area contributed by atoms with E-state index in [1.54, 1.807) is 39.8 Å². The molecule has 5 amide bonds. The highest BCUT2D eigenvalue weighted by Crippen LogP contribution is 2.44. The van der Waals surface area contributed by atoms with E-state index in [1.807, 2.05) is 79.7 Å². The molecular formula is C53H66N8O10. The van der Waals surface area contributed by atoms with Gasteiger partial charge in [0.1, 0.15) is 49.0 Å². The van der Waals surface area contributed by atoms with Gasteiger partial charge in [-0.25, -0.2) is 14.4 Å². The van der Waals surface area contributed by atoms with E-state index in [1.165, 1.54) is 12.3 Å². The van der Waals surface area contributed by atoms with E-state index < -0.39 is 59.6 Å². The summed E-state index contributed by atoms with van der Waals surface area (Å²) in [6.45, 7) is 7.64. The number of hydrogen-bond donors (Lipinski definition) is 6. The lowest BCUT2D eigenvalue weighted by Gasteiger charge is -2.24. The standard InChI is InChI=1S/C53H66N8O10/c1-8-16-43(47(63)60-45(21-13-14-27-56-52(67)71-53(3,4)5)49(65)69-31-35-25-23-34(2)24-26-35)59-48(64)44(22-15-28-55-50(54)61(6)7)58-46(62)36-29-37(68-32-36)30-57-51(66)70-33-42-40-19-11-9-17-38(40)39-18-10-12-20-41(39)42/h1,9-12,17-20,23-26,29,32,42-45H,13-16,21-22,27-28,30-31,33H2,2-7H3,(H2,54,55)(H,56,67)(H,57,66)(H,58,62)(H,59,64)(H,60,63)/t43-,44-,45-/m0/s1. The normalized spacial score (nSPS) is 13.2. The average molecular weight is 975 g/mol. The highest BCUT2D eigenvalue weighted by atomic mass is 16.6. The maximum atomic E-state index is 14.0. The lowest BCUT2D eigenvalue weighted by atomic mass is 9.98. The second kappa shape index (κ2) is 26.2. The summed E-state index contributed by atoms with van der Waals surface area (Å²) in [4.78, 5) is 86.1. The van der Waals surface area contributed by atoms with Crippen LogP contribution in [0, 0.1) is 19.3 Å². The molecule has 1 aliphatic rings. The molecule has 378 valence electrons. The maximum Gasteiger partial charge on any atom is 0.407 e. The molecule has 0 saturated heterocycles. The molecule has 4 aromatic rings. The molecular weight excluding hydrogens is 909 g/mol. The van der Waals surface area contributed by atoms with E-state index in [0.717, 1.165) is 33.4 Å². The Hall–Kier alpha value is -7.81. The summed E-state index contributed by atoms with van der Waals surface area (Å²) in [5, 5.41) is 13.4. The number of benzene rings is 3. The van der Waals surface area contributed by atoms with Crippen molar-refractivity contribution in [2.45, 2.75) is 109 Å². The van der Waals surface area contributed by atoms with Crippen molar-refractivity contribution in [1.29, 1.82) is 0 Å². The minimum absolute atomic E-state index is 0.0466. The Balaban J connectivity index is 1.21. The molecule has 0 aliphatic heterocycles. The van der Waals surface area contributed by atoms with Crippen molar-refractivity contribution < 1.29 is 47.4 Å². The minimum Gasteiger partial charge on any atom is -0.467 e. The van der Waals surface area contributed by atoms with E-state index in [0.29, 0.717) is 19.3 Å². The smallest absolute Gasteiger partial charge is 0.407 e. The van der Waals surface area contributed by atoms with Crippen LogP contribution in [0.4, 0.5) is 9.59 Å². The summed E-state index contributed by atoms with van der Waals surface area (Å²) in [6.07, 6.45) is 6.71. The van der Waals surface area contributed by atoms with Crippen molar-refractivity contribution in [2.24, 2.45) is 10.7 Å². The van der Waals surface area contributed by atoms with Gasteiger partial charge in [0.2, 0.25) is 11.8 Å². The van der Waals surface area contributed by atoms with Crippen molar-refractivity contribution in [3.63, 3.8) is 0 Å². The predicted octanol–water partition coefficient (Wildman–Crippen LogP) is 5.81. The number of hydrogen-bond acceptors (Lipinski definition) is 11. The highest BCUT2D eigenvalue weighted by molar-refractivity contribution is 5.98. The Kier molecular flexibility index (Phi) is 20.0. The maximum absolute atomic E-state index is 14.0. The summed E-state index contributed by atoms with van der Waals surface area (Å²) in [5.74, 6) is -0.0679. The van der Waals surface area contributed by atoms with Gasteiger partial charge in [-0.05, 0) is 93.7 Å². The summed E-state index contributed by atoms with van der Waals surface area (Å²) in [7, 11) is 3.47. The van der Waals surface area contributed by atoms with Gasteiger partial charge < -0.3 is 55.8 Å². The molecule has 0 unspecified atom stereocenters. The summed E-state index contributed by atoms with van der Waals surface area (Å²) >= 11 is 0. The van der Waals surface area contributed by atoms with Crippen molar-refractivity contribution in [3.05, 3.63) is 119 Å². The Morgan fingerprint density at radius 3 is 2.08 bits per heavy atom. The first-order valence-corrected chi connectivity index (χ1v) is 23.6. The molecule has 7 N–H and O–H groups in total. The van der Waals surface area contributed by atoms with Crippen LogP contribution in [0.25, 0.3) is 11.1 Å². The molecule has 1 heterocycles. The molecule has 1 aliphatic carbocycles. The van der Waals surface area contributed by atoms with Crippen LogP contribution in [0.3, 0.4) is 0 Å². The zero-order valence-corrected chi connectivity index (χ0v) is 41.3. The fourth-order valence-corrected chi connectivity index (χ4v) is 7.58. The van der Waals surface area contributed by atoms with Crippen LogP contribution in [0.5, 0.6) is 0 Å². The molecule has 3 atom stereocenters. The third kappa shape index (κ3) is 17.0. The molecule has 0 spiro atoms. The van der Waals surface area contributed by atoms with Crippen LogP contribution in [-0.2, 0) is 41.7 Å². The summed E-state index contributed by atoms with van der Waals surface area (Å²) in [6, 6.07) is 21.2. The van der Waals surface area contributed by atoms with Gasteiger partial charge in [-0.15, -0.1) is 12.3 Å². The molecule has 0 saturated carbocycles. The number of fused-ring (bicyclic) bond motifs is 3. The monoisotopic (exact) mass is 974 g/mol. The van der Waals surface area contributed by atoms with Crippen LogP contribution in [0.15, 0.2) is 94.5 Å². The van der Waals surface area contributed by atoms with Gasteiger partial charge in [-0.1, -0.05) is 78.4 Å². The van der Waals surface area contributed by atoms with Gasteiger partial charge in [-0.2, -0.15) is 0 Å². The number of furan rings is 1. The van der Waals surface area contributed by atoms with Gasteiger partial charge in [0, 0.05) is 39.5 Å². The van der Waals surface area contributed by atoms with E-state index in [-0.39, 0.29) is 75.3 Å². The molecule has 18 heteroatoms. The quantitative estimate of drug-likeness (QED) is 0.0129. The van der Waals surface area contributed by atoms with Gasteiger partial charge in [0.25, 0.3) is 5.91 Å². The SMILES string of the molecule is C#CC[C@H](NC(=O)[C@H](CCCN=C(N)N(C)C)NC(=O)c1coc(CNC(=O)OCC2c3ccccc3-c3ccccc32)c1)C(=O)N[C@@H](CCCCNC(=O)OC(C)(C)C)C(=O)OCc1ccc(C)cc1. The number of nitrogens with two attached hydrogens (primary N) is 1. The zero-order chi connectivity index (χ0) is 51.5. The zero-order valence-electron chi connectivity index (χ0n) is 41.3. The number of ether oxygens (including phenoxy) is 3. The lowest BCUT2D eigenvalue weighted by molar-refractivity contribution is -0.149. The molecule has 0 radical (unpaired) electrons. The number of terminal acetylenes is 1. The number of amides is 5. The molecule has 3 aromatic carbocycles. The topological polar surface area (TPSA) is 245 Å². The lowest BCUT2D eigenvalue weighted by Crippen LogP contribution is -2.55. The largest absolute Gasteiger partial charge is 0.467 e. The predicted molar refractivity (Wildman–Crippen MR) is 268 cm³/mol. The Morgan fingerprint density at radius 2 is 1.44 bits per heavy atom. The van der Waals surface area contributed by atoms with E-state index in [9.17, 15) is 28.8 Å². The van der Waals surface area contributed by atoms with Crippen LogP contribution in [0.2, 0.25) is 0 Å². The van der Waals surface area contributed by atoms with Gasteiger partial charge >= 0.3 is 18.2 Å². The average Bonchev–Trinajstić information content (AvgIpc) is 3.95. The number of rotatable bonds is 23. The second-order valence-electron chi connectivity index (χ2n) is 18.3. The van der Waals surface area contributed by atoms with E-state index in [4.69, 9.17) is 30.8 Å². The molecule has 18 nitrogen and oxygen atoms in total. The van der Waals surface area contributed by atoms with Crippen molar-refractivity contribution >= 4 is 41.8 Å². The van der Waals surface area contributed by atoms with Gasteiger partial charge in [0.05, 0.1) is 12.1 Å². The van der Waals surface area contributed by atoms with Crippen LogP contribution < -0.4 is 32.3 Å². The molecule has 71 heavy (non-hydrogen) atoms. The molecule has 5 rings (SSSR count). The van der Waals surface area contributed by atoms with Crippen LogP contribution in [0.1, 0.15) is 104 Å². The Labute approximate surface area is 415 Å². The Bertz CT molecular complexity index is 2500. The molecule has 0 bridgehead atoms. The third-order valence-electron chi connectivity index (χ3n) is 11.3. The first-order valence-electron chi connectivity index (χ1n) is 23.6. The summed E-state index contributed by atoms with van der Waals surface area (Å²) in [5.41, 5.74) is 11.5. The number of esters is 1. The molecule has 0 fully saturated rings. The van der Waals surface area contributed by atoms with Crippen LogP contribution >= 0.6 is 0 Å².